The highest BCUT2D eigenvalue weighted by atomic mass is 16.3. The Balaban J connectivity index is 1.93. The molecule has 0 aromatic heterocycles. The van der Waals surface area contributed by atoms with Crippen LogP contribution in [0.25, 0.3) is 0 Å². The molecule has 1 saturated carbocycles. The topological polar surface area (TPSA) is 20.2 Å². The van der Waals surface area contributed by atoms with Gasteiger partial charge in [0.2, 0.25) is 0 Å². The minimum absolute atomic E-state index is 0.405. The van der Waals surface area contributed by atoms with Crippen LogP contribution in [0, 0.1) is 11.8 Å². The fourth-order valence-corrected chi connectivity index (χ4v) is 1.48. The number of aliphatic hydroxyl groups is 1. The zero-order valence-electron chi connectivity index (χ0n) is 7.29. The van der Waals surface area contributed by atoms with E-state index in [1.54, 1.807) is 0 Å². The Kier molecular flexibility index (Phi) is 3.64. The molecule has 1 aliphatic rings. The summed E-state index contributed by atoms with van der Waals surface area (Å²) in [5.74, 6) is 1.48. The second-order valence-electron chi connectivity index (χ2n) is 3.40. The molecule has 1 aliphatic carbocycles. The fourth-order valence-electron chi connectivity index (χ4n) is 1.48. The Labute approximate surface area is 69.1 Å². The predicted octanol–water partition coefficient (Wildman–Crippen LogP) is 2.36. The smallest absolute Gasteiger partial charge is 0.0462 e. The SMILES string of the molecule is CC/C=C\CCC1C[C@H]1CO. The van der Waals surface area contributed by atoms with Gasteiger partial charge in [0.15, 0.2) is 0 Å². The zero-order chi connectivity index (χ0) is 8.10. The van der Waals surface area contributed by atoms with E-state index in [1.807, 2.05) is 0 Å². The summed E-state index contributed by atoms with van der Waals surface area (Å²) in [5.41, 5.74) is 0. The lowest BCUT2D eigenvalue weighted by Crippen LogP contribution is -1.87. The Morgan fingerprint density at radius 2 is 2.18 bits per heavy atom. The van der Waals surface area contributed by atoms with Crippen molar-refractivity contribution in [2.45, 2.75) is 32.6 Å². The molecule has 11 heavy (non-hydrogen) atoms. The van der Waals surface area contributed by atoms with E-state index in [0.717, 1.165) is 12.3 Å². The standard InChI is InChI=1S/C10H18O/c1-2-3-4-5-6-9-7-10(9)8-11/h3-4,9-11H,2,5-8H2,1H3/b4-3-/t9?,10-/m0/s1. The molecule has 1 heteroatoms. The van der Waals surface area contributed by atoms with Crippen molar-refractivity contribution in [3.05, 3.63) is 12.2 Å². The molecule has 0 radical (unpaired) electrons. The van der Waals surface area contributed by atoms with Crippen LogP contribution in [0.3, 0.4) is 0 Å². The molecule has 0 aliphatic heterocycles. The minimum atomic E-state index is 0.405. The highest BCUT2D eigenvalue weighted by molar-refractivity contribution is 4.89. The predicted molar refractivity (Wildman–Crippen MR) is 47.3 cm³/mol. The normalized spacial score (nSPS) is 29.6. The second kappa shape index (κ2) is 4.55. The molecule has 0 heterocycles. The summed E-state index contributed by atoms with van der Waals surface area (Å²) >= 11 is 0. The molecule has 0 aromatic rings. The summed E-state index contributed by atoms with van der Waals surface area (Å²) in [6, 6.07) is 0. The van der Waals surface area contributed by atoms with Gasteiger partial charge in [-0.1, -0.05) is 19.1 Å². The first-order valence-electron chi connectivity index (χ1n) is 4.64. The Morgan fingerprint density at radius 1 is 1.36 bits per heavy atom. The number of rotatable bonds is 5. The molecule has 0 spiro atoms. The second-order valence-corrected chi connectivity index (χ2v) is 3.40. The van der Waals surface area contributed by atoms with E-state index in [0.29, 0.717) is 12.5 Å². The Morgan fingerprint density at radius 3 is 2.73 bits per heavy atom. The van der Waals surface area contributed by atoms with Crippen molar-refractivity contribution in [2.75, 3.05) is 6.61 Å². The molecular formula is C10H18O. The van der Waals surface area contributed by atoms with E-state index in [-0.39, 0.29) is 0 Å². The summed E-state index contributed by atoms with van der Waals surface area (Å²) in [5, 5.41) is 8.76. The van der Waals surface area contributed by atoms with Crippen LogP contribution in [0.4, 0.5) is 0 Å². The van der Waals surface area contributed by atoms with E-state index < -0.39 is 0 Å². The van der Waals surface area contributed by atoms with Crippen LogP contribution in [-0.4, -0.2) is 11.7 Å². The zero-order valence-corrected chi connectivity index (χ0v) is 7.29. The van der Waals surface area contributed by atoms with Gasteiger partial charge in [-0.2, -0.15) is 0 Å². The Hall–Kier alpha value is -0.300. The van der Waals surface area contributed by atoms with Gasteiger partial charge in [0.1, 0.15) is 0 Å². The molecule has 0 saturated heterocycles. The van der Waals surface area contributed by atoms with Gasteiger partial charge < -0.3 is 5.11 Å². The highest BCUT2D eigenvalue weighted by Crippen LogP contribution is 2.41. The van der Waals surface area contributed by atoms with Gasteiger partial charge in [-0.25, -0.2) is 0 Å². The molecule has 0 aromatic carbocycles. The first-order valence-corrected chi connectivity index (χ1v) is 4.64. The van der Waals surface area contributed by atoms with Crippen molar-refractivity contribution in [1.29, 1.82) is 0 Å². The number of aliphatic hydroxyl groups excluding tert-OH is 1. The molecule has 1 N–H and O–H groups in total. The molecule has 1 fully saturated rings. The highest BCUT2D eigenvalue weighted by Gasteiger charge is 2.34. The molecule has 1 nitrogen and oxygen atoms in total. The minimum Gasteiger partial charge on any atom is -0.396 e. The van der Waals surface area contributed by atoms with E-state index in [4.69, 9.17) is 5.11 Å². The summed E-state index contributed by atoms with van der Waals surface area (Å²) in [7, 11) is 0. The first kappa shape index (κ1) is 8.79. The van der Waals surface area contributed by atoms with Crippen LogP contribution in [0.2, 0.25) is 0 Å². The maximum atomic E-state index is 8.76. The van der Waals surface area contributed by atoms with Gasteiger partial charge in [-0.15, -0.1) is 0 Å². The average Bonchev–Trinajstić information content (AvgIpc) is 2.77. The Bertz CT molecular complexity index is 129. The van der Waals surface area contributed by atoms with Crippen LogP contribution < -0.4 is 0 Å². The van der Waals surface area contributed by atoms with Crippen molar-refractivity contribution in [2.24, 2.45) is 11.8 Å². The van der Waals surface area contributed by atoms with E-state index in [1.165, 1.54) is 19.3 Å². The lowest BCUT2D eigenvalue weighted by molar-refractivity contribution is 0.267. The first-order chi connectivity index (χ1) is 5.38. The van der Waals surface area contributed by atoms with Gasteiger partial charge >= 0.3 is 0 Å². The average molecular weight is 154 g/mol. The third kappa shape index (κ3) is 3.06. The van der Waals surface area contributed by atoms with E-state index in [2.05, 4.69) is 19.1 Å². The molecule has 1 unspecified atom stereocenters. The van der Waals surface area contributed by atoms with Gasteiger partial charge in [0.05, 0.1) is 0 Å². The van der Waals surface area contributed by atoms with E-state index >= 15 is 0 Å². The molecular weight excluding hydrogens is 136 g/mol. The van der Waals surface area contributed by atoms with Crippen LogP contribution in [0.1, 0.15) is 32.6 Å². The molecule has 0 bridgehead atoms. The molecule has 2 atom stereocenters. The van der Waals surface area contributed by atoms with Crippen LogP contribution in [0.15, 0.2) is 12.2 Å². The van der Waals surface area contributed by atoms with Crippen molar-refractivity contribution >= 4 is 0 Å². The maximum Gasteiger partial charge on any atom is 0.0462 e. The maximum absolute atomic E-state index is 8.76. The van der Waals surface area contributed by atoms with Gasteiger partial charge in [-0.05, 0) is 37.5 Å². The summed E-state index contributed by atoms with van der Waals surface area (Å²) in [6.07, 6.45) is 9.37. The third-order valence-corrected chi connectivity index (χ3v) is 2.41. The van der Waals surface area contributed by atoms with Gasteiger partial charge in [0.25, 0.3) is 0 Å². The number of allylic oxidation sites excluding steroid dienone is 2. The lowest BCUT2D eigenvalue weighted by Gasteiger charge is -1.92. The van der Waals surface area contributed by atoms with Gasteiger partial charge in [0, 0.05) is 6.61 Å². The lowest BCUT2D eigenvalue weighted by atomic mass is 10.2. The molecule has 1 rings (SSSR count). The summed E-state index contributed by atoms with van der Waals surface area (Å²) in [6.45, 7) is 2.56. The monoisotopic (exact) mass is 154 g/mol. The van der Waals surface area contributed by atoms with Crippen molar-refractivity contribution in [3.8, 4) is 0 Å². The number of hydrogen-bond donors (Lipinski definition) is 1. The van der Waals surface area contributed by atoms with E-state index in [9.17, 15) is 0 Å². The van der Waals surface area contributed by atoms with Crippen molar-refractivity contribution in [3.63, 3.8) is 0 Å². The fraction of sp³-hybridized carbons (Fsp3) is 0.800. The molecule has 0 amide bonds. The third-order valence-electron chi connectivity index (χ3n) is 2.41. The summed E-state index contributed by atoms with van der Waals surface area (Å²) in [4.78, 5) is 0. The van der Waals surface area contributed by atoms with Gasteiger partial charge in [-0.3, -0.25) is 0 Å². The van der Waals surface area contributed by atoms with Crippen LogP contribution in [-0.2, 0) is 0 Å². The summed E-state index contributed by atoms with van der Waals surface area (Å²) < 4.78 is 0. The van der Waals surface area contributed by atoms with Crippen LogP contribution >= 0.6 is 0 Å². The number of hydrogen-bond acceptors (Lipinski definition) is 1. The largest absolute Gasteiger partial charge is 0.396 e. The quantitative estimate of drug-likeness (QED) is 0.603. The van der Waals surface area contributed by atoms with Crippen molar-refractivity contribution in [1.82, 2.24) is 0 Å². The molecule has 64 valence electrons. The van der Waals surface area contributed by atoms with Crippen molar-refractivity contribution < 1.29 is 5.11 Å². The van der Waals surface area contributed by atoms with Crippen LogP contribution in [0.5, 0.6) is 0 Å².